The fourth-order valence-electron chi connectivity index (χ4n) is 1.49. The first-order valence-electron chi connectivity index (χ1n) is 5.03. The molecule has 1 saturated carbocycles. The van der Waals surface area contributed by atoms with Crippen molar-refractivity contribution in [1.29, 1.82) is 0 Å². The van der Waals surface area contributed by atoms with Gasteiger partial charge in [-0.15, -0.1) is 5.92 Å². The molecule has 0 bridgehead atoms. The highest BCUT2D eigenvalue weighted by Gasteiger charge is 2.25. The van der Waals surface area contributed by atoms with E-state index >= 15 is 0 Å². The van der Waals surface area contributed by atoms with Crippen LogP contribution in [0.3, 0.4) is 0 Å². The Morgan fingerprint density at radius 3 is 2.86 bits per heavy atom. The zero-order valence-electron chi connectivity index (χ0n) is 8.67. The number of hydrogen-bond donors (Lipinski definition) is 0. The third-order valence-electron chi connectivity index (χ3n) is 2.34. The summed E-state index contributed by atoms with van der Waals surface area (Å²) < 4.78 is 0. The van der Waals surface area contributed by atoms with Gasteiger partial charge in [-0.25, -0.2) is 9.97 Å². The standard InChI is InChI=1S/C12H14N2/c1-3-4-5-12-13-9(2)8-11(14-12)10-6-7-10/h8,10H,5-7H2,1-2H3. The molecule has 0 spiro atoms. The molecule has 1 fully saturated rings. The lowest BCUT2D eigenvalue weighted by Gasteiger charge is -2.01. The van der Waals surface area contributed by atoms with Crippen molar-refractivity contribution in [2.24, 2.45) is 0 Å². The number of aryl methyl sites for hydroxylation is 1. The van der Waals surface area contributed by atoms with Crippen molar-refractivity contribution in [2.45, 2.75) is 39.0 Å². The van der Waals surface area contributed by atoms with Crippen molar-refractivity contribution in [3.8, 4) is 11.8 Å². The maximum Gasteiger partial charge on any atom is 0.140 e. The van der Waals surface area contributed by atoms with Crippen LogP contribution in [0.25, 0.3) is 0 Å². The average Bonchev–Trinajstić information content (AvgIpc) is 2.97. The molecule has 1 aliphatic rings. The minimum absolute atomic E-state index is 0.678. The van der Waals surface area contributed by atoms with Gasteiger partial charge >= 0.3 is 0 Å². The second-order valence-corrected chi connectivity index (χ2v) is 3.73. The van der Waals surface area contributed by atoms with Crippen molar-refractivity contribution in [3.05, 3.63) is 23.3 Å². The van der Waals surface area contributed by atoms with E-state index in [9.17, 15) is 0 Å². The Balaban J connectivity index is 2.24. The summed E-state index contributed by atoms with van der Waals surface area (Å²) in [6.07, 6.45) is 3.25. The molecule has 1 heterocycles. The first-order valence-corrected chi connectivity index (χ1v) is 5.03. The van der Waals surface area contributed by atoms with Gasteiger partial charge in [0.15, 0.2) is 0 Å². The summed E-state index contributed by atoms with van der Waals surface area (Å²) in [5.74, 6) is 7.45. The smallest absolute Gasteiger partial charge is 0.140 e. The lowest BCUT2D eigenvalue weighted by Crippen LogP contribution is -1.99. The van der Waals surface area contributed by atoms with Crippen LogP contribution < -0.4 is 0 Å². The fraction of sp³-hybridized carbons (Fsp3) is 0.500. The molecule has 1 aromatic heterocycles. The molecule has 0 aliphatic heterocycles. The van der Waals surface area contributed by atoms with E-state index in [0.29, 0.717) is 12.3 Å². The first kappa shape index (κ1) is 9.21. The van der Waals surface area contributed by atoms with Crippen molar-refractivity contribution in [2.75, 3.05) is 0 Å². The molecule has 72 valence electrons. The van der Waals surface area contributed by atoms with Crippen LogP contribution in [0.5, 0.6) is 0 Å². The van der Waals surface area contributed by atoms with E-state index in [1.54, 1.807) is 0 Å². The topological polar surface area (TPSA) is 25.8 Å². The molecule has 2 rings (SSSR count). The van der Waals surface area contributed by atoms with E-state index in [-0.39, 0.29) is 0 Å². The lowest BCUT2D eigenvalue weighted by atomic mass is 10.2. The monoisotopic (exact) mass is 186 g/mol. The molecule has 1 aromatic rings. The maximum absolute atomic E-state index is 4.52. The number of hydrogen-bond acceptors (Lipinski definition) is 2. The Hall–Kier alpha value is -1.36. The van der Waals surface area contributed by atoms with Gasteiger partial charge in [-0.2, -0.15) is 0 Å². The molecular weight excluding hydrogens is 172 g/mol. The van der Waals surface area contributed by atoms with Crippen molar-refractivity contribution >= 4 is 0 Å². The summed E-state index contributed by atoms with van der Waals surface area (Å²) in [6, 6.07) is 2.10. The summed E-state index contributed by atoms with van der Waals surface area (Å²) >= 11 is 0. The molecule has 2 nitrogen and oxygen atoms in total. The third kappa shape index (κ3) is 2.11. The van der Waals surface area contributed by atoms with Crippen LogP contribution in [0, 0.1) is 18.8 Å². The van der Waals surface area contributed by atoms with Crippen LogP contribution in [-0.4, -0.2) is 9.97 Å². The Labute approximate surface area is 84.8 Å². The first-order chi connectivity index (χ1) is 6.79. The van der Waals surface area contributed by atoms with Crippen LogP contribution in [0.2, 0.25) is 0 Å². The Kier molecular flexibility index (Phi) is 2.49. The van der Waals surface area contributed by atoms with E-state index < -0.39 is 0 Å². The fourth-order valence-corrected chi connectivity index (χ4v) is 1.49. The van der Waals surface area contributed by atoms with Crippen molar-refractivity contribution < 1.29 is 0 Å². The molecule has 0 amide bonds. The van der Waals surface area contributed by atoms with Crippen molar-refractivity contribution in [1.82, 2.24) is 9.97 Å². The minimum Gasteiger partial charge on any atom is -0.237 e. The second-order valence-electron chi connectivity index (χ2n) is 3.73. The highest BCUT2D eigenvalue weighted by molar-refractivity contribution is 5.20. The molecule has 1 aliphatic carbocycles. The molecule has 0 saturated heterocycles. The quantitative estimate of drug-likeness (QED) is 0.662. The number of rotatable bonds is 2. The number of nitrogens with zero attached hydrogens (tertiary/aromatic N) is 2. The van der Waals surface area contributed by atoms with Gasteiger partial charge in [-0.05, 0) is 32.8 Å². The second kappa shape index (κ2) is 3.79. The molecule has 2 heteroatoms. The molecule has 0 N–H and O–H groups in total. The maximum atomic E-state index is 4.52. The van der Waals surface area contributed by atoms with Gasteiger partial charge in [0.2, 0.25) is 0 Å². The molecular formula is C12H14N2. The van der Waals surface area contributed by atoms with Crippen LogP contribution >= 0.6 is 0 Å². The minimum atomic E-state index is 0.678. The van der Waals surface area contributed by atoms with E-state index in [4.69, 9.17) is 0 Å². The van der Waals surface area contributed by atoms with E-state index in [0.717, 1.165) is 11.5 Å². The zero-order valence-corrected chi connectivity index (χ0v) is 8.67. The summed E-state index contributed by atoms with van der Waals surface area (Å²) in [4.78, 5) is 8.89. The Morgan fingerprint density at radius 2 is 2.21 bits per heavy atom. The van der Waals surface area contributed by atoms with E-state index in [1.807, 2.05) is 13.8 Å². The van der Waals surface area contributed by atoms with Gasteiger partial charge in [0.1, 0.15) is 5.82 Å². The van der Waals surface area contributed by atoms with Crippen LogP contribution in [-0.2, 0) is 6.42 Å². The van der Waals surface area contributed by atoms with E-state index in [1.165, 1.54) is 18.5 Å². The lowest BCUT2D eigenvalue weighted by molar-refractivity contribution is 0.896. The highest BCUT2D eigenvalue weighted by Crippen LogP contribution is 2.38. The van der Waals surface area contributed by atoms with Crippen LogP contribution in [0.15, 0.2) is 6.07 Å². The molecule has 0 unspecified atom stereocenters. The Morgan fingerprint density at radius 1 is 1.43 bits per heavy atom. The zero-order chi connectivity index (χ0) is 9.97. The van der Waals surface area contributed by atoms with E-state index in [2.05, 4.69) is 27.9 Å². The van der Waals surface area contributed by atoms with Gasteiger partial charge in [-0.1, -0.05) is 5.92 Å². The van der Waals surface area contributed by atoms with Crippen LogP contribution in [0.4, 0.5) is 0 Å². The summed E-state index contributed by atoms with van der Waals surface area (Å²) in [7, 11) is 0. The molecule has 0 radical (unpaired) electrons. The average molecular weight is 186 g/mol. The predicted molar refractivity (Wildman–Crippen MR) is 55.9 cm³/mol. The molecule has 0 aromatic carbocycles. The van der Waals surface area contributed by atoms with Gasteiger partial charge in [0.05, 0.1) is 6.42 Å². The van der Waals surface area contributed by atoms with Crippen molar-refractivity contribution in [3.63, 3.8) is 0 Å². The largest absolute Gasteiger partial charge is 0.237 e. The summed E-state index contributed by atoms with van der Waals surface area (Å²) in [5, 5.41) is 0. The normalized spacial score (nSPS) is 14.7. The summed E-state index contributed by atoms with van der Waals surface area (Å²) in [6.45, 7) is 3.87. The van der Waals surface area contributed by atoms with Crippen LogP contribution in [0.1, 0.15) is 42.9 Å². The van der Waals surface area contributed by atoms with Gasteiger partial charge in [-0.3, -0.25) is 0 Å². The molecule has 14 heavy (non-hydrogen) atoms. The SMILES string of the molecule is CC#CCc1nc(C)cc(C2CC2)n1. The van der Waals surface area contributed by atoms with Gasteiger partial charge in [0.25, 0.3) is 0 Å². The predicted octanol–water partition coefficient (Wildman–Crippen LogP) is 2.23. The highest BCUT2D eigenvalue weighted by atomic mass is 14.9. The molecule has 0 atom stereocenters. The Bertz CT molecular complexity index is 395. The third-order valence-corrected chi connectivity index (χ3v) is 2.34. The number of aromatic nitrogens is 2. The summed E-state index contributed by atoms with van der Waals surface area (Å²) in [5.41, 5.74) is 2.28. The van der Waals surface area contributed by atoms with Gasteiger partial charge in [0, 0.05) is 17.3 Å². The van der Waals surface area contributed by atoms with Gasteiger partial charge < -0.3 is 0 Å².